The zero-order chi connectivity index (χ0) is 12.3. The Morgan fingerprint density at radius 2 is 1.33 bits per heavy atom. The van der Waals surface area contributed by atoms with Crippen molar-refractivity contribution in [3.8, 4) is 0 Å². The molecule has 0 saturated carbocycles. The molecule has 94 valence electrons. The Bertz CT molecular complexity index is 105. The normalized spacial score (nSPS) is 14.4. The van der Waals surface area contributed by atoms with E-state index in [-0.39, 0.29) is 0 Å². The van der Waals surface area contributed by atoms with Crippen LogP contribution in [0.4, 0.5) is 0 Å². The van der Waals surface area contributed by atoms with E-state index in [1.165, 1.54) is 32.1 Å². The van der Waals surface area contributed by atoms with Gasteiger partial charge in [-0.15, -0.1) is 0 Å². The summed E-state index contributed by atoms with van der Waals surface area (Å²) in [6.45, 7) is 15.7. The van der Waals surface area contributed by atoms with Gasteiger partial charge in [0.1, 0.15) is 0 Å². The van der Waals surface area contributed by atoms with Crippen molar-refractivity contribution in [2.75, 3.05) is 0 Å². The molecule has 0 heteroatoms. The average Bonchev–Trinajstić information content (AvgIpc) is 2.25. The van der Waals surface area contributed by atoms with Crippen LogP contribution in [0.5, 0.6) is 0 Å². The summed E-state index contributed by atoms with van der Waals surface area (Å²) in [5.41, 5.74) is 0. The lowest BCUT2D eigenvalue weighted by Gasteiger charge is -2.18. The van der Waals surface area contributed by atoms with Gasteiger partial charge in [-0.05, 0) is 17.8 Å². The highest BCUT2D eigenvalue weighted by molar-refractivity contribution is 4.60. The topological polar surface area (TPSA) is 0 Å². The van der Waals surface area contributed by atoms with Crippen molar-refractivity contribution in [3.05, 3.63) is 0 Å². The molecule has 0 N–H and O–H groups in total. The summed E-state index contributed by atoms with van der Waals surface area (Å²) in [6, 6.07) is 0. The summed E-state index contributed by atoms with van der Waals surface area (Å²) in [6.07, 6.45) is 7.05. The Balaban J connectivity index is 0. The highest BCUT2D eigenvalue weighted by Gasteiger charge is 2.09. The van der Waals surface area contributed by atoms with E-state index >= 15 is 0 Å². The Labute approximate surface area is 98.9 Å². The Kier molecular flexibility index (Phi) is 14.0. The molecule has 0 nitrogen and oxygen atoms in total. The van der Waals surface area contributed by atoms with Crippen molar-refractivity contribution in [1.82, 2.24) is 0 Å². The van der Waals surface area contributed by atoms with Gasteiger partial charge in [0.05, 0.1) is 0 Å². The molecule has 2 atom stereocenters. The van der Waals surface area contributed by atoms with E-state index in [9.17, 15) is 0 Å². The smallest absolute Gasteiger partial charge is 0.0420 e. The molecular formula is C15H34. The predicted molar refractivity (Wildman–Crippen MR) is 73.3 cm³/mol. The molecule has 0 bridgehead atoms. The minimum absolute atomic E-state index is 0.860. The molecule has 0 amide bonds. The van der Waals surface area contributed by atoms with Gasteiger partial charge in [0.2, 0.25) is 0 Å². The maximum atomic E-state index is 2.41. The molecule has 0 aromatic rings. The monoisotopic (exact) mass is 214 g/mol. The lowest BCUT2D eigenvalue weighted by atomic mass is 9.88. The van der Waals surface area contributed by atoms with Crippen molar-refractivity contribution in [3.63, 3.8) is 0 Å². The van der Waals surface area contributed by atoms with Crippen LogP contribution in [0.3, 0.4) is 0 Å². The van der Waals surface area contributed by atoms with E-state index < -0.39 is 0 Å². The second-order valence-electron chi connectivity index (χ2n) is 5.05. The highest BCUT2D eigenvalue weighted by Crippen LogP contribution is 2.21. The van der Waals surface area contributed by atoms with E-state index in [4.69, 9.17) is 0 Å². The highest BCUT2D eigenvalue weighted by atomic mass is 14.1. The summed E-state index contributed by atoms with van der Waals surface area (Å²) in [5, 5.41) is 0. The summed E-state index contributed by atoms with van der Waals surface area (Å²) in [4.78, 5) is 0. The van der Waals surface area contributed by atoms with Crippen LogP contribution in [0.15, 0.2) is 0 Å². The summed E-state index contributed by atoms with van der Waals surface area (Å²) in [7, 11) is 0. The van der Waals surface area contributed by atoms with Crippen LogP contribution in [0.2, 0.25) is 0 Å². The summed E-state index contributed by atoms with van der Waals surface area (Å²) in [5.74, 6) is 2.71. The first-order valence-corrected chi connectivity index (χ1v) is 7.07. The number of unbranched alkanes of at least 4 members (excludes halogenated alkanes) is 1. The van der Waals surface area contributed by atoms with Crippen molar-refractivity contribution >= 4 is 0 Å². The molecule has 0 heterocycles. The molecule has 0 aliphatic carbocycles. The van der Waals surface area contributed by atoms with Crippen molar-refractivity contribution in [2.45, 2.75) is 80.6 Å². The molecule has 0 aromatic carbocycles. The minimum Gasteiger partial charge on any atom is -0.0683 e. The fourth-order valence-electron chi connectivity index (χ4n) is 1.58. The largest absolute Gasteiger partial charge is 0.0683 e. The van der Waals surface area contributed by atoms with E-state index in [0.29, 0.717) is 0 Å². The first-order valence-electron chi connectivity index (χ1n) is 7.07. The van der Waals surface area contributed by atoms with Crippen molar-refractivity contribution in [1.29, 1.82) is 0 Å². The quantitative estimate of drug-likeness (QED) is 0.494. The van der Waals surface area contributed by atoms with Crippen LogP contribution in [0.1, 0.15) is 80.6 Å². The van der Waals surface area contributed by atoms with Crippen LogP contribution < -0.4 is 0 Å². The maximum Gasteiger partial charge on any atom is -0.0420 e. The van der Waals surface area contributed by atoms with Gasteiger partial charge in [0.15, 0.2) is 0 Å². The fraction of sp³-hybridized carbons (Fsp3) is 1.00. The Morgan fingerprint density at radius 1 is 0.800 bits per heavy atom. The SMILES string of the molecule is CC.CCCC[C@H](C)CCC(C)C(C)C. The molecule has 15 heavy (non-hydrogen) atoms. The summed E-state index contributed by atoms with van der Waals surface area (Å²) >= 11 is 0. The van der Waals surface area contributed by atoms with Gasteiger partial charge in [0.25, 0.3) is 0 Å². The lowest BCUT2D eigenvalue weighted by molar-refractivity contribution is 0.340. The van der Waals surface area contributed by atoms with Crippen LogP contribution in [-0.4, -0.2) is 0 Å². The van der Waals surface area contributed by atoms with Crippen molar-refractivity contribution in [2.24, 2.45) is 17.8 Å². The number of rotatable bonds is 7. The summed E-state index contributed by atoms with van der Waals surface area (Å²) < 4.78 is 0. The second kappa shape index (κ2) is 12.1. The molecular weight excluding hydrogens is 180 g/mol. The average molecular weight is 214 g/mol. The van der Waals surface area contributed by atoms with E-state index in [1.807, 2.05) is 13.8 Å². The second-order valence-corrected chi connectivity index (χ2v) is 5.05. The van der Waals surface area contributed by atoms with Gasteiger partial charge in [-0.2, -0.15) is 0 Å². The van der Waals surface area contributed by atoms with Crippen LogP contribution in [0, 0.1) is 17.8 Å². The van der Waals surface area contributed by atoms with Crippen LogP contribution >= 0.6 is 0 Å². The third-order valence-corrected chi connectivity index (χ3v) is 3.30. The fourth-order valence-corrected chi connectivity index (χ4v) is 1.58. The van der Waals surface area contributed by atoms with Gasteiger partial charge in [-0.3, -0.25) is 0 Å². The van der Waals surface area contributed by atoms with Gasteiger partial charge in [0, 0.05) is 0 Å². The molecule has 0 spiro atoms. The zero-order valence-corrected chi connectivity index (χ0v) is 12.3. The molecule has 0 aliphatic heterocycles. The minimum atomic E-state index is 0.860. The third-order valence-electron chi connectivity index (χ3n) is 3.30. The molecule has 0 radical (unpaired) electrons. The Hall–Kier alpha value is 0. The molecule has 0 fully saturated rings. The van der Waals surface area contributed by atoms with E-state index in [0.717, 1.165) is 17.8 Å². The maximum absolute atomic E-state index is 2.41. The molecule has 1 unspecified atom stereocenters. The van der Waals surface area contributed by atoms with Crippen LogP contribution in [0.25, 0.3) is 0 Å². The predicted octanol–water partition coefficient (Wildman–Crippen LogP) is 5.91. The lowest BCUT2D eigenvalue weighted by Crippen LogP contribution is -2.06. The first kappa shape index (κ1) is 17.4. The molecule has 0 aliphatic rings. The Morgan fingerprint density at radius 3 is 1.73 bits per heavy atom. The number of hydrogen-bond donors (Lipinski definition) is 0. The molecule has 0 saturated heterocycles. The van der Waals surface area contributed by atoms with Crippen LogP contribution in [-0.2, 0) is 0 Å². The standard InChI is InChI=1S/C13H28.C2H6/c1-6-7-8-12(4)9-10-13(5)11(2)3;1-2/h11-13H,6-10H2,1-5H3;1-2H3/t12-,13?;/m0./s1. The molecule has 0 rings (SSSR count). The van der Waals surface area contributed by atoms with Crippen molar-refractivity contribution < 1.29 is 0 Å². The van der Waals surface area contributed by atoms with Gasteiger partial charge in [-0.25, -0.2) is 0 Å². The number of hydrogen-bond acceptors (Lipinski definition) is 0. The zero-order valence-electron chi connectivity index (χ0n) is 12.3. The van der Waals surface area contributed by atoms with Gasteiger partial charge < -0.3 is 0 Å². The van der Waals surface area contributed by atoms with E-state index in [1.54, 1.807) is 0 Å². The first-order chi connectivity index (χ1) is 7.07. The van der Waals surface area contributed by atoms with Gasteiger partial charge in [-0.1, -0.05) is 80.6 Å². The molecule has 0 aromatic heterocycles. The third kappa shape index (κ3) is 11.9. The van der Waals surface area contributed by atoms with E-state index in [2.05, 4.69) is 34.6 Å². The van der Waals surface area contributed by atoms with Gasteiger partial charge >= 0.3 is 0 Å².